The van der Waals surface area contributed by atoms with Crippen molar-refractivity contribution in [3.63, 3.8) is 0 Å². The normalized spacial score (nSPS) is 27.9. The zero-order valence-corrected chi connectivity index (χ0v) is 10.5. The van der Waals surface area contributed by atoms with E-state index in [1.807, 2.05) is 0 Å². The largest absolute Gasteiger partial charge is 0.396 e. The maximum atomic E-state index is 8.71. The van der Waals surface area contributed by atoms with Gasteiger partial charge >= 0.3 is 0 Å². The minimum atomic E-state index is 0.355. The Labute approximate surface area is 99.8 Å². The molecule has 2 heteroatoms. The summed E-state index contributed by atoms with van der Waals surface area (Å²) in [7, 11) is 0. The highest BCUT2D eigenvalue weighted by atomic mass is 16.2. The fourth-order valence-electron chi connectivity index (χ4n) is 3.56. The first-order valence-corrected chi connectivity index (χ1v) is 7.22. The highest BCUT2D eigenvalue weighted by molar-refractivity contribution is 5.01. The lowest BCUT2D eigenvalue weighted by molar-refractivity contribution is 0.0231. The summed E-state index contributed by atoms with van der Waals surface area (Å²) in [5.41, 5.74) is 0.704. The molecule has 1 spiro atoms. The molecule has 0 aliphatic heterocycles. The molecule has 94 valence electrons. The molecule has 0 saturated heterocycles. The second-order valence-electron chi connectivity index (χ2n) is 5.75. The van der Waals surface area contributed by atoms with Gasteiger partial charge in [-0.3, -0.25) is 0 Å². The van der Waals surface area contributed by atoms with Gasteiger partial charge < -0.3 is 10.4 Å². The summed E-state index contributed by atoms with van der Waals surface area (Å²) in [5.74, 6) is 0. The lowest BCUT2D eigenvalue weighted by atomic mass is 9.57. The second-order valence-corrected chi connectivity index (χ2v) is 5.75. The van der Waals surface area contributed by atoms with Crippen LogP contribution in [0.25, 0.3) is 0 Å². The summed E-state index contributed by atoms with van der Waals surface area (Å²) in [6.45, 7) is 1.51. The van der Waals surface area contributed by atoms with Gasteiger partial charge in [-0.2, -0.15) is 0 Å². The van der Waals surface area contributed by atoms with Gasteiger partial charge in [0.05, 0.1) is 0 Å². The Hall–Kier alpha value is -0.0800. The summed E-state index contributed by atoms with van der Waals surface area (Å²) in [5, 5.41) is 12.5. The number of unbranched alkanes of at least 4 members (excludes halogenated alkanes) is 2. The van der Waals surface area contributed by atoms with Gasteiger partial charge in [-0.15, -0.1) is 0 Å². The smallest absolute Gasteiger partial charge is 0.0431 e. The molecule has 1 atom stereocenters. The molecule has 0 aromatic rings. The summed E-state index contributed by atoms with van der Waals surface area (Å²) in [4.78, 5) is 0. The number of nitrogens with one attached hydrogen (secondary N) is 1. The van der Waals surface area contributed by atoms with Gasteiger partial charge in [-0.05, 0) is 56.9 Å². The molecule has 2 saturated carbocycles. The van der Waals surface area contributed by atoms with E-state index in [9.17, 15) is 0 Å². The first-order valence-electron chi connectivity index (χ1n) is 7.22. The highest BCUT2D eigenvalue weighted by Crippen LogP contribution is 2.51. The average molecular weight is 225 g/mol. The molecule has 2 aliphatic rings. The fraction of sp³-hybridized carbons (Fsp3) is 1.00. The summed E-state index contributed by atoms with van der Waals surface area (Å²) in [6.07, 6.45) is 13.6. The van der Waals surface area contributed by atoms with Gasteiger partial charge in [-0.1, -0.05) is 19.3 Å². The van der Waals surface area contributed by atoms with E-state index in [0.29, 0.717) is 12.0 Å². The SMILES string of the molecule is OCCCCCNC1CCC12CCCCC2. The fourth-order valence-corrected chi connectivity index (χ4v) is 3.56. The minimum absolute atomic E-state index is 0.355. The van der Waals surface area contributed by atoms with E-state index in [4.69, 9.17) is 5.11 Å². The van der Waals surface area contributed by atoms with Crippen LogP contribution in [0.15, 0.2) is 0 Å². The van der Waals surface area contributed by atoms with Crippen molar-refractivity contribution < 1.29 is 5.11 Å². The summed E-state index contributed by atoms with van der Waals surface area (Å²) >= 11 is 0. The molecule has 0 radical (unpaired) electrons. The number of hydrogen-bond donors (Lipinski definition) is 2. The topological polar surface area (TPSA) is 32.3 Å². The molecule has 0 heterocycles. The van der Waals surface area contributed by atoms with Crippen LogP contribution in [0.2, 0.25) is 0 Å². The third kappa shape index (κ3) is 2.78. The van der Waals surface area contributed by atoms with Crippen molar-refractivity contribution in [2.45, 2.75) is 70.3 Å². The van der Waals surface area contributed by atoms with Crippen LogP contribution in [-0.2, 0) is 0 Å². The molecule has 2 N–H and O–H groups in total. The molecule has 1 unspecified atom stereocenters. The summed E-state index contributed by atoms with van der Waals surface area (Å²) in [6, 6.07) is 0.821. The quantitative estimate of drug-likeness (QED) is 0.681. The lowest BCUT2D eigenvalue weighted by Gasteiger charge is -2.52. The zero-order chi connectivity index (χ0) is 11.3. The average Bonchev–Trinajstić information content (AvgIpc) is 2.33. The zero-order valence-electron chi connectivity index (χ0n) is 10.5. The molecule has 2 aliphatic carbocycles. The Balaban J connectivity index is 1.62. The Kier molecular flexibility index (Phi) is 4.66. The van der Waals surface area contributed by atoms with E-state index < -0.39 is 0 Å². The third-order valence-corrected chi connectivity index (χ3v) is 4.75. The predicted molar refractivity (Wildman–Crippen MR) is 67.5 cm³/mol. The van der Waals surface area contributed by atoms with Crippen LogP contribution in [0.3, 0.4) is 0 Å². The van der Waals surface area contributed by atoms with E-state index in [2.05, 4.69) is 5.32 Å². The van der Waals surface area contributed by atoms with Crippen molar-refractivity contribution in [2.24, 2.45) is 5.41 Å². The second kappa shape index (κ2) is 6.02. The van der Waals surface area contributed by atoms with Gasteiger partial charge in [0.2, 0.25) is 0 Å². The number of aliphatic hydroxyl groups excluding tert-OH is 1. The molecule has 0 amide bonds. The van der Waals surface area contributed by atoms with Crippen molar-refractivity contribution in [3.05, 3.63) is 0 Å². The van der Waals surface area contributed by atoms with Gasteiger partial charge in [0, 0.05) is 12.6 Å². The highest BCUT2D eigenvalue weighted by Gasteiger charge is 2.46. The Bertz CT molecular complexity index is 199. The monoisotopic (exact) mass is 225 g/mol. The molecule has 16 heavy (non-hydrogen) atoms. The predicted octanol–water partition coefficient (Wildman–Crippen LogP) is 2.85. The maximum absolute atomic E-state index is 8.71. The van der Waals surface area contributed by atoms with E-state index in [1.54, 1.807) is 0 Å². The van der Waals surface area contributed by atoms with Crippen LogP contribution in [0.1, 0.15) is 64.2 Å². The molecule has 0 aromatic heterocycles. The van der Waals surface area contributed by atoms with Crippen molar-refractivity contribution >= 4 is 0 Å². The van der Waals surface area contributed by atoms with Gasteiger partial charge in [0.15, 0.2) is 0 Å². The molecule has 2 rings (SSSR count). The first-order chi connectivity index (χ1) is 7.87. The molecular weight excluding hydrogens is 198 g/mol. The molecule has 0 aromatic carbocycles. The van der Waals surface area contributed by atoms with Crippen LogP contribution >= 0.6 is 0 Å². The first kappa shape index (κ1) is 12.4. The number of hydrogen-bond acceptors (Lipinski definition) is 2. The van der Waals surface area contributed by atoms with Crippen molar-refractivity contribution in [1.82, 2.24) is 5.32 Å². The minimum Gasteiger partial charge on any atom is -0.396 e. The van der Waals surface area contributed by atoms with Crippen molar-refractivity contribution in [3.8, 4) is 0 Å². The van der Waals surface area contributed by atoms with Crippen LogP contribution in [0.5, 0.6) is 0 Å². The van der Waals surface area contributed by atoms with Crippen LogP contribution in [0, 0.1) is 5.41 Å². The molecule has 0 bridgehead atoms. The molecular formula is C14H27NO. The lowest BCUT2D eigenvalue weighted by Crippen LogP contribution is -2.54. The number of aliphatic hydroxyl groups is 1. The van der Waals surface area contributed by atoms with E-state index >= 15 is 0 Å². The Morgan fingerprint density at radius 1 is 1.00 bits per heavy atom. The van der Waals surface area contributed by atoms with E-state index in [1.165, 1.54) is 57.8 Å². The molecule has 2 fully saturated rings. The van der Waals surface area contributed by atoms with Gasteiger partial charge in [-0.25, -0.2) is 0 Å². The Morgan fingerprint density at radius 2 is 1.81 bits per heavy atom. The van der Waals surface area contributed by atoms with E-state index in [0.717, 1.165) is 19.0 Å². The third-order valence-electron chi connectivity index (χ3n) is 4.75. The van der Waals surface area contributed by atoms with Crippen LogP contribution in [-0.4, -0.2) is 24.3 Å². The van der Waals surface area contributed by atoms with Crippen LogP contribution in [0.4, 0.5) is 0 Å². The van der Waals surface area contributed by atoms with Crippen molar-refractivity contribution in [2.75, 3.05) is 13.2 Å². The van der Waals surface area contributed by atoms with Gasteiger partial charge in [0.25, 0.3) is 0 Å². The molecule has 2 nitrogen and oxygen atoms in total. The number of rotatable bonds is 6. The van der Waals surface area contributed by atoms with Gasteiger partial charge in [0.1, 0.15) is 0 Å². The maximum Gasteiger partial charge on any atom is 0.0431 e. The van der Waals surface area contributed by atoms with E-state index in [-0.39, 0.29) is 0 Å². The van der Waals surface area contributed by atoms with Crippen LogP contribution < -0.4 is 5.32 Å². The summed E-state index contributed by atoms with van der Waals surface area (Å²) < 4.78 is 0. The Morgan fingerprint density at radius 3 is 2.44 bits per heavy atom. The van der Waals surface area contributed by atoms with Crippen molar-refractivity contribution in [1.29, 1.82) is 0 Å². The standard InChI is InChI=1S/C14H27NO/c16-12-6-2-5-11-15-13-7-10-14(13)8-3-1-4-9-14/h13,15-16H,1-12H2.